The molecule has 2 rings (SSSR count). The van der Waals surface area contributed by atoms with Gasteiger partial charge in [-0.15, -0.1) is 23.2 Å². The lowest BCUT2D eigenvalue weighted by atomic mass is 9.93. The summed E-state index contributed by atoms with van der Waals surface area (Å²) in [5.41, 5.74) is 1.87. The normalized spacial score (nSPS) is 21.2. The highest BCUT2D eigenvalue weighted by Gasteiger charge is 2.34. The van der Waals surface area contributed by atoms with Gasteiger partial charge in [-0.05, 0) is 25.0 Å². The molecule has 1 aromatic rings. The number of rotatable bonds is 3. The van der Waals surface area contributed by atoms with Crippen LogP contribution in [-0.2, 0) is 6.42 Å². The third-order valence-electron chi connectivity index (χ3n) is 3.21. The average Bonchev–Trinajstić information content (AvgIpc) is 2.37. The summed E-state index contributed by atoms with van der Waals surface area (Å²) in [7, 11) is 0. The molecule has 92 valence electrons. The zero-order chi connectivity index (χ0) is 12.4. The monoisotopic (exact) mass is 271 g/mol. The van der Waals surface area contributed by atoms with Crippen molar-refractivity contribution < 1.29 is 4.79 Å². The Morgan fingerprint density at radius 3 is 2.76 bits per heavy atom. The molecule has 1 aliphatic rings. The zero-order valence-electron chi connectivity index (χ0n) is 9.70. The van der Waals surface area contributed by atoms with Gasteiger partial charge in [-0.3, -0.25) is 4.79 Å². The predicted octanol–water partition coefficient (Wildman–Crippen LogP) is 2.92. The lowest BCUT2D eigenvalue weighted by Crippen LogP contribution is -2.51. The summed E-state index contributed by atoms with van der Waals surface area (Å²) >= 11 is 11.8. The summed E-state index contributed by atoms with van der Waals surface area (Å²) in [6.07, 6.45) is 0.812. The van der Waals surface area contributed by atoms with E-state index in [9.17, 15) is 4.79 Å². The molecule has 1 aromatic carbocycles. The molecule has 0 spiro atoms. The van der Waals surface area contributed by atoms with Crippen LogP contribution in [0, 0.1) is 0 Å². The molecule has 0 saturated carbocycles. The molecular formula is C13H15Cl2NO. The second-order valence-electron chi connectivity index (χ2n) is 4.39. The van der Waals surface area contributed by atoms with Gasteiger partial charge >= 0.3 is 0 Å². The first-order valence-electron chi connectivity index (χ1n) is 5.71. The van der Waals surface area contributed by atoms with Crippen LogP contribution >= 0.6 is 23.2 Å². The van der Waals surface area contributed by atoms with Gasteiger partial charge in [0.15, 0.2) is 0 Å². The van der Waals surface area contributed by atoms with Gasteiger partial charge in [-0.25, -0.2) is 0 Å². The number of fused-ring (bicyclic) bond motifs is 1. The van der Waals surface area contributed by atoms with Crippen molar-refractivity contribution in [2.45, 2.75) is 25.4 Å². The summed E-state index contributed by atoms with van der Waals surface area (Å²) in [5, 5.41) is 0. The number of hydrogen-bond donors (Lipinski definition) is 0. The minimum Gasteiger partial charge on any atom is -0.330 e. The van der Waals surface area contributed by atoms with E-state index in [-0.39, 0.29) is 18.0 Å². The Kier molecular flexibility index (Phi) is 3.95. The molecule has 0 aliphatic carbocycles. The van der Waals surface area contributed by atoms with E-state index >= 15 is 0 Å². The van der Waals surface area contributed by atoms with Crippen LogP contribution in [-0.4, -0.2) is 34.7 Å². The second-order valence-corrected chi connectivity index (χ2v) is 5.00. The van der Waals surface area contributed by atoms with Gasteiger partial charge in [-0.2, -0.15) is 0 Å². The Morgan fingerprint density at radius 2 is 2.12 bits per heavy atom. The van der Waals surface area contributed by atoms with Gasteiger partial charge < -0.3 is 4.90 Å². The number of carbonyl (C=O) groups excluding carboxylic acids is 1. The van der Waals surface area contributed by atoms with Crippen molar-refractivity contribution in [2.24, 2.45) is 0 Å². The Hall–Kier alpha value is -0.730. The van der Waals surface area contributed by atoms with Crippen molar-refractivity contribution in [1.29, 1.82) is 0 Å². The Labute approximate surface area is 112 Å². The van der Waals surface area contributed by atoms with E-state index in [0.717, 1.165) is 17.5 Å². The molecule has 1 amide bonds. The molecular weight excluding hydrogens is 257 g/mol. The number of amides is 1. The molecule has 0 N–H and O–H groups in total. The molecule has 0 bridgehead atoms. The lowest BCUT2D eigenvalue weighted by molar-refractivity contribution is 0.0604. The van der Waals surface area contributed by atoms with Crippen molar-refractivity contribution in [2.75, 3.05) is 11.8 Å². The fourth-order valence-electron chi connectivity index (χ4n) is 2.33. The SMILES string of the molecule is CC(CCl)N1C(=O)c2ccccc2CC1CCl. The molecule has 1 heterocycles. The molecule has 17 heavy (non-hydrogen) atoms. The first kappa shape index (κ1) is 12.7. The van der Waals surface area contributed by atoms with Crippen molar-refractivity contribution in [3.63, 3.8) is 0 Å². The van der Waals surface area contributed by atoms with Crippen molar-refractivity contribution in [3.05, 3.63) is 35.4 Å². The minimum atomic E-state index is 0.0151. The molecule has 2 nitrogen and oxygen atoms in total. The summed E-state index contributed by atoms with van der Waals surface area (Å²) in [6, 6.07) is 7.78. The van der Waals surface area contributed by atoms with Crippen LogP contribution in [0.5, 0.6) is 0 Å². The third-order valence-corrected chi connectivity index (χ3v) is 4.01. The number of hydrogen-bond acceptors (Lipinski definition) is 1. The third kappa shape index (κ3) is 2.29. The summed E-state index contributed by atoms with van der Waals surface area (Å²) < 4.78 is 0. The number of benzene rings is 1. The van der Waals surface area contributed by atoms with E-state index in [1.54, 1.807) is 0 Å². The molecule has 0 saturated heterocycles. The largest absolute Gasteiger partial charge is 0.330 e. The van der Waals surface area contributed by atoms with Gasteiger partial charge in [-0.1, -0.05) is 18.2 Å². The van der Waals surface area contributed by atoms with Crippen LogP contribution in [0.2, 0.25) is 0 Å². The van der Waals surface area contributed by atoms with E-state index in [2.05, 4.69) is 0 Å². The first-order chi connectivity index (χ1) is 8.19. The number of alkyl halides is 2. The van der Waals surface area contributed by atoms with E-state index in [1.807, 2.05) is 36.1 Å². The van der Waals surface area contributed by atoms with Crippen LogP contribution < -0.4 is 0 Å². The van der Waals surface area contributed by atoms with Crippen LogP contribution in [0.15, 0.2) is 24.3 Å². The Bertz CT molecular complexity index is 422. The molecule has 4 heteroatoms. The van der Waals surface area contributed by atoms with Crippen molar-refractivity contribution >= 4 is 29.1 Å². The highest BCUT2D eigenvalue weighted by atomic mass is 35.5. The van der Waals surface area contributed by atoms with Gasteiger partial charge in [0, 0.05) is 29.4 Å². The summed E-state index contributed by atoms with van der Waals surface area (Å²) in [6.45, 7) is 1.96. The van der Waals surface area contributed by atoms with Crippen LogP contribution in [0.3, 0.4) is 0 Å². The molecule has 0 fully saturated rings. The summed E-state index contributed by atoms with van der Waals surface area (Å²) in [5.74, 6) is 0.924. The molecule has 0 aromatic heterocycles. The standard InChI is InChI=1S/C13H15Cl2NO/c1-9(7-14)16-11(8-15)6-10-4-2-3-5-12(10)13(16)17/h2-5,9,11H,6-8H2,1H3. The van der Waals surface area contributed by atoms with E-state index in [4.69, 9.17) is 23.2 Å². The van der Waals surface area contributed by atoms with Crippen LogP contribution in [0.1, 0.15) is 22.8 Å². The van der Waals surface area contributed by atoms with Gasteiger partial charge in [0.05, 0.1) is 0 Å². The number of carbonyl (C=O) groups is 1. The fraction of sp³-hybridized carbons (Fsp3) is 0.462. The highest BCUT2D eigenvalue weighted by molar-refractivity contribution is 6.19. The Balaban J connectivity index is 2.39. The molecule has 0 radical (unpaired) electrons. The smallest absolute Gasteiger partial charge is 0.254 e. The minimum absolute atomic E-state index is 0.0151. The van der Waals surface area contributed by atoms with E-state index in [0.29, 0.717) is 11.8 Å². The predicted molar refractivity (Wildman–Crippen MR) is 71.0 cm³/mol. The van der Waals surface area contributed by atoms with E-state index in [1.165, 1.54) is 0 Å². The summed E-state index contributed by atoms with van der Waals surface area (Å²) in [4.78, 5) is 14.2. The maximum Gasteiger partial charge on any atom is 0.254 e. The van der Waals surface area contributed by atoms with Crippen LogP contribution in [0.4, 0.5) is 0 Å². The Morgan fingerprint density at radius 1 is 1.41 bits per heavy atom. The van der Waals surface area contributed by atoms with Gasteiger partial charge in [0.1, 0.15) is 0 Å². The maximum atomic E-state index is 12.4. The number of halogens is 2. The first-order valence-corrected chi connectivity index (χ1v) is 6.78. The van der Waals surface area contributed by atoms with Crippen molar-refractivity contribution in [1.82, 2.24) is 4.90 Å². The lowest BCUT2D eigenvalue weighted by Gasteiger charge is -2.39. The zero-order valence-corrected chi connectivity index (χ0v) is 11.2. The van der Waals surface area contributed by atoms with Crippen LogP contribution in [0.25, 0.3) is 0 Å². The highest BCUT2D eigenvalue weighted by Crippen LogP contribution is 2.26. The molecule has 2 unspecified atom stereocenters. The quantitative estimate of drug-likeness (QED) is 0.775. The van der Waals surface area contributed by atoms with Gasteiger partial charge in [0.25, 0.3) is 5.91 Å². The average molecular weight is 272 g/mol. The maximum absolute atomic E-state index is 12.4. The van der Waals surface area contributed by atoms with E-state index < -0.39 is 0 Å². The van der Waals surface area contributed by atoms with Crippen molar-refractivity contribution in [3.8, 4) is 0 Å². The number of nitrogens with zero attached hydrogens (tertiary/aromatic N) is 1. The molecule has 2 atom stereocenters. The van der Waals surface area contributed by atoms with Gasteiger partial charge in [0.2, 0.25) is 0 Å². The topological polar surface area (TPSA) is 20.3 Å². The fourth-order valence-corrected chi connectivity index (χ4v) is 2.73. The molecule has 1 aliphatic heterocycles. The second kappa shape index (κ2) is 5.28.